The van der Waals surface area contributed by atoms with Crippen molar-refractivity contribution in [3.8, 4) is 11.5 Å². The van der Waals surface area contributed by atoms with Gasteiger partial charge < -0.3 is 26.5 Å². The molecule has 0 saturated carbocycles. The molecule has 0 aliphatic heterocycles. The monoisotopic (exact) mass is 494 g/mol. The smallest absolute Gasteiger partial charge is 0.432 e. The van der Waals surface area contributed by atoms with Gasteiger partial charge in [0.2, 0.25) is 0 Å². The number of halogens is 5. The summed E-state index contributed by atoms with van der Waals surface area (Å²) < 4.78 is 60.6. The van der Waals surface area contributed by atoms with E-state index in [2.05, 4.69) is 15.3 Å². The van der Waals surface area contributed by atoms with Crippen LogP contribution in [0.25, 0.3) is 0 Å². The normalized spacial score (nSPS) is 11.9. The van der Waals surface area contributed by atoms with Crippen molar-refractivity contribution in [2.75, 3.05) is 16.4 Å². The lowest BCUT2D eigenvalue weighted by molar-refractivity contribution is -0.114. The van der Waals surface area contributed by atoms with Crippen LogP contribution >= 0.6 is 11.6 Å². The van der Waals surface area contributed by atoms with E-state index in [0.29, 0.717) is 0 Å². The Morgan fingerprint density at radius 1 is 1.09 bits per heavy atom. The standard InChI is InChI=1S/C21H15ClF4N6O2/c22-17-15(6-8-30-19(17)28)34-14-5-4-11(9-13(14)23)31-20(33)12(10-27)18(21(24,25)26)32-16-3-1-2-7-29-16/h1-10,27H,(H2,28,30)(H,29,32)(H,31,33)/b18-12+,27-10?. The molecule has 8 nitrogen and oxygen atoms in total. The maximum atomic E-state index is 14.5. The molecule has 13 heteroatoms. The number of ether oxygens (including phenoxy) is 1. The number of benzene rings is 1. The molecule has 176 valence electrons. The molecule has 0 saturated heterocycles. The average molecular weight is 495 g/mol. The quantitative estimate of drug-likeness (QED) is 0.204. The number of pyridine rings is 2. The van der Waals surface area contributed by atoms with Gasteiger partial charge in [-0.3, -0.25) is 4.79 Å². The first-order valence-corrected chi connectivity index (χ1v) is 9.66. The number of anilines is 3. The first-order valence-electron chi connectivity index (χ1n) is 9.29. The van der Waals surface area contributed by atoms with E-state index in [1.807, 2.05) is 5.32 Å². The van der Waals surface area contributed by atoms with Crippen molar-refractivity contribution in [3.63, 3.8) is 0 Å². The number of aromatic nitrogens is 2. The summed E-state index contributed by atoms with van der Waals surface area (Å²) >= 11 is 5.95. The van der Waals surface area contributed by atoms with Gasteiger partial charge in [0.15, 0.2) is 17.3 Å². The van der Waals surface area contributed by atoms with Crippen LogP contribution in [0, 0.1) is 11.2 Å². The number of nitrogens with two attached hydrogens (primary N) is 1. The number of carbonyl (C=O) groups is 1. The average Bonchev–Trinajstić information content (AvgIpc) is 2.78. The molecule has 0 radical (unpaired) electrons. The minimum absolute atomic E-state index is 0.0225. The number of rotatable bonds is 7. The number of nitrogens with one attached hydrogen (secondary N) is 3. The molecule has 0 atom stereocenters. The van der Waals surface area contributed by atoms with E-state index in [9.17, 15) is 22.4 Å². The molecule has 3 aromatic rings. The summed E-state index contributed by atoms with van der Waals surface area (Å²) in [6.45, 7) is 0. The van der Waals surface area contributed by atoms with Gasteiger partial charge in [-0.05, 0) is 24.3 Å². The van der Waals surface area contributed by atoms with E-state index in [1.165, 1.54) is 42.7 Å². The Morgan fingerprint density at radius 3 is 2.47 bits per heavy atom. The lowest BCUT2D eigenvalue weighted by Gasteiger charge is -2.17. The largest absolute Gasteiger partial charge is 0.453 e. The fraction of sp³-hybridized carbons (Fsp3) is 0.0476. The Kier molecular flexibility index (Phi) is 7.31. The van der Waals surface area contributed by atoms with E-state index in [0.717, 1.165) is 12.1 Å². The summed E-state index contributed by atoms with van der Waals surface area (Å²) in [5.41, 5.74) is 2.82. The molecular weight excluding hydrogens is 480 g/mol. The van der Waals surface area contributed by atoms with Crippen molar-refractivity contribution >= 4 is 41.0 Å². The van der Waals surface area contributed by atoms with Crippen molar-refractivity contribution in [2.24, 2.45) is 0 Å². The van der Waals surface area contributed by atoms with Crippen molar-refractivity contribution in [2.45, 2.75) is 6.18 Å². The maximum Gasteiger partial charge on any atom is 0.432 e. The van der Waals surface area contributed by atoms with Gasteiger partial charge in [-0.2, -0.15) is 13.2 Å². The highest BCUT2D eigenvalue weighted by molar-refractivity contribution is 6.34. The van der Waals surface area contributed by atoms with Gasteiger partial charge >= 0.3 is 6.18 Å². The zero-order valence-electron chi connectivity index (χ0n) is 17.0. The fourth-order valence-corrected chi connectivity index (χ4v) is 2.76. The van der Waals surface area contributed by atoms with Crippen LogP contribution in [0.4, 0.5) is 34.9 Å². The molecular formula is C21H15ClF4N6O2. The fourth-order valence-electron chi connectivity index (χ4n) is 2.61. The first-order chi connectivity index (χ1) is 16.1. The SMILES string of the molecule is N=C/C(C(=O)Nc1ccc(Oc2ccnc(N)c2Cl)c(F)c1)=C(\Nc1ccccn1)C(F)(F)F. The van der Waals surface area contributed by atoms with Crippen molar-refractivity contribution in [3.05, 3.63) is 77.0 Å². The Bertz CT molecular complexity index is 1250. The zero-order valence-corrected chi connectivity index (χ0v) is 17.7. The van der Waals surface area contributed by atoms with Crippen molar-refractivity contribution in [1.29, 1.82) is 5.41 Å². The van der Waals surface area contributed by atoms with Crippen LogP contribution in [-0.4, -0.2) is 28.3 Å². The van der Waals surface area contributed by atoms with Crippen LogP contribution in [0.2, 0.25) is 5.02 Å². The number of hydrogen-bond donors (Lipinski definition) is 4. The third kappa shape index (κ3) is 5.78. The second-order valence-electron chi connectivity index (χ2n) is 6.48. The third-order valence-corrected chi connectivity index (χ3v) is 4.53. The number of carbonyl (C=O) groups excluding carboxylic acids is 1. The van der Waals surface area contributed by atoms with E-state index >= 15 is 0 Å². The Labute approximate surface area is 194 Å². The molecule has 2 aromatic heterocycles. The number of hydrogen-bond acceptors (Lipinski definition) is 7. The zero-order chi connectivity index (χ0) is 24.9. The number of amides is 1. The van der Waals surface area contributed by atoms with E-state index < -0.39 is 29.2 Å². The predicted molar refractivity (Wildman–Crippen MR) is 118 cm³/mol. The number of alkyl halides is 3. The predicted octanol–water partition coefficient (Wildman–Crippen LogP) is 5.16. The molecule has 0 aliphatic carbocycles. The highest BCUT2D eigenvalue weighted by atomic mass is 35.5. The lowest BCUT2D eigenvalue weighted by Crippen LogP contribution is -2.27. The molecule has 2 heterocycles. The highest BCUT2D eigenvalue weighted by Gasteiger charge is 2.38. The van der Waals surface area contributed by atoms with E-state index in [4.69, 9.17) is 27.5 Å². The Balaban J connectivity index is 1.85. The number of allylic oxidation sites excluding steroid dienone is 1. The summed E-state index contributed by atoms with van der Waals surface area (Å²) in [4.78, 5) is 20.0. The second-order valence-corrected chi connectivity index (χ2v) is 6.86. The molecule has 1 amide bonds. The van der Waals surface area contributed by atoms with Gasteiger partial charge in [-0.25, -0.2) is 14.4 Å². The molecule has 0 spiro atoms. The molecule has 0 unspecified atom stereocenters. The van der Waals surface area contributed by atoms with Crippen molar-refractivity contribution < 1.29 is 27.1 Å². The lowest BCUT2D eigenvalue weighted by atomic mass is 10.1. The van der Waals surface area contributed by atoms with E-state index in [-0.39, 0.29) is 40.1 Å². The molecule has 1 aromatic carbocycles. The second kappa shape index (κ2) is 10.2. The molecule has 3 rings (SSSR count). The van der Waals surface area contributed by atoms with Crippen LogP contribution in [-0.2, 0) is 4.79 Å². The van der Waals surface area contributed by atoms with Gasteiger partial charge in [-0.1, -0.05) is 17.7 Å². The minimum atomic E-state index is -5.02. The van der Waals surface area contributed by atoms with Crippen LogP contribution in [0.1, 0.15) is 0 Å². The van der Waals surface area contributed by atoms with Gasteiger partial charge in [0.1, 0.15) is 22.4 Å². The summed E-state index contributed by atoms with van der Waals surface area (Å²) in [7, 11) is 0. The van der Waals surface area contributed by atoms with Gasteiger partial charge in [0, 0.05) is 36.4 Å². The Morgan fingerprint density at radius 2 is 1.85 bits per heavy atom. The molecule has 5 N–H and O–H groups in total. The van der Waals surface area contributed by atoms with Crippen LogP contribution in [0.5, 0.6) is 11.5 Å². The van der Waals surface area contributed by atoms with Crippen molar-refractivity contribution in [1.82, 2.24) is 9.97 Å². The number of nitrogen functional groups attached to an aromatic ring is 1. The Hall–Kier alpha value is -4.19. The van der Waals surface area contributed by atoms with Gasteiger partial charge in [0.05, 0.1) is 5.57 Å². The molecule has 0 bridgehead atoms. The molecule has 0 fully saturated rings. The van der Waals surface area contributed by atoms with Gasteiger partial charge in [0.25, 0.3) is 5.91 Å². The highest BCUT2D eigenvalue weighted by Crippen LogP contribution is 2.34. The maximum absolute atomic E-state index is 14.5. The third-order valence-electron chi connectivity index (χ3n) is 4.15. The topological polar surface area (TPSA) is 126 Å². The van der Waals surface area contributed by atoms with Crippen LogP contribution in [0.15, 0.2) is 66.1 Å². The van der Waals surface area contributed by atoms with Crippen LogP contribution < -0.4 is 21.1 Å². The molecule has 0 aliphatic rings. The molecule has 34 heavy (non-hydrogen) atoms. The first kappa shape index (κ1) is 24.5. The van der Waals surface area contributed by atoms with Gasteiger partial charge in [-0.15, -0.1) is 0 Å². The summed E-state index contributed by atoms with van der Waals surface area (Å²) in [6, 6.07) is 8.68. The number of nitrogens with zero attached hydrogens (tertiary/aromatic N) is 2. The summed E-state index contributed by atoms with van der Waals surface area (Å²) in [5, 5.41) is 11.4. The van der Waals surface area contributed by atoms with E-state index in [1.54, 1.807) is 0 Å². The minimum Gasteiger partial charge on any atom is -0.453 e. The summed E-state index contributed by atoms with van der Waals surface area (Å²) in [5.74, 6) is -2.74. The summed E-state index contributed by atoms with van der Waals surface area (Å²) in [6.07, 6.45) is -2.24. The van der Waals surface area contributed by atoms with Crippen LogP contribution in [0.3, 0.4) is 0 Å².